The van der Waals surface area contributed by atoms with E-state index in [1.807, 2.05) is 78.3 Å². The predicted octanol–water partition coefficient (Wildman–Crippen LogP) is 5.06. The summed E-state index contributed by atoms with van der Waals surface area (Å²) in [4.78, 5) is 11.2. The third-order valence-electron chi connectivity index (χ3n) is 5.74. The Labute approximate surface area is 209 Å². The highest BCUT2D eigenvalue weighted by Crippen LogP contribution is 2.40. The lowest BCUT2D eigenvalue weighted by Crippen LogP contribution is -2.10. The molecule has 0 saturated carbocycles. The van der Waals surface area contributed by atoms with Crippen molar-refractivity contribution in [1.29, 1.82) is 0 Å². The molecule has 4 rings (SSSR count). The zero-order chi connectivity index (χ0) is 25.7. The van der Waals surface area contributed by atoms with E-state index in [9.17, 15) is 4.79 Å². The van der Waals surface area contributed by atoms with Crippen LogP contribution >= 0.6 is 0 Å². The monoisotopic (exact) mass is 488 g/mol. The Morgan fingerprint density at radius 1 is 0.861 bits per heavy atom. The number of para-hydroxylation sites is 2. The number of ether oxygens (including phenoxy) is 4. The quantitative estimate of drug-likeness (QED) is 0.333. The van der Waals surface area contributed by atoms with Gasteiger partial charge in [-0.3, -0.25) is 4.68 Å². The highest BCUT2D eigenvalue weighted by atomic mass is 16.5. The summed E-state index contributed by atoms with van der Waals surface area (Å²) in [5.74, 6) is 1.33. The van der Waals surface area contributed by atoms with E-state index in [0.717, 1.165) is 28.1 Å². The lowest BCUT2D eigenvalue weighted by molar-refractivity contribution is -0.139. The van der Waals surface area contributed by atoms with Gasteiger partial charge < -0.3 is 24.1 Å². The molecule has 0 bridgehead atoms. The van der Waals surface area contributed by atoms with E-state index in [1.54, 1.807) is 21.3 Å². The van der Waals surface area contributed by atoms with Crippen LogP contribution in [0.25, 0.3) is 22.5 Å². The molecule has 1 heterocycles. The Hall–Kier alpha value is -4.46. The zero-order valence-electron chi connectivity index (χ0n) is 20.6. The van der Waals surface area contributed by atoms with Crippen molar-refractivity contribution in [2.24, 2.45) is 0 Å². The van der Waals surface area contributed by atoms with E-state index in [0.29, 0.717) is 35.1 Å². The van der Waals surface area contributed by atoms with Crippen LogP contribution in [0.1, 0.15) is 11.1 Å². The van der Waals surface area contributed by atoms with Gasteiger partial charge in [-0.25, -0.2) is 4.79 Å². The zero-order valence-corrected chi connectivity index (χ0v) is 20.6. The highest BCUT2D eigenvalue weighted by molar-refractivity contribution is 5.78. The molecule has 0 spiro atoms. The van der Waals surface area contributed by atoms with Crippen molar-refractivity contribution in [3.63, 3.8) is 0 Å². The standard InChI is InChI=1S/C28H28N2O6/c1-18-12-13-20(26(14-18)36-17-27(31)32)22-15-23(21-9-7-11-25(34-3)28(21)35-4)30(29-22)16-19-8-5-6-10-24(19)33-2/h5-15H,16-17H2,1-4H3,(H,31,32). The third-order valence-corrected chi connectivity index (χ3v) is 5.74. The first-order chi connectivity index (χ1) is 17.4. The molecule has 0 aliphatic carbocycles. The molecule has 0 fully saturated rings. The Morgan fingerprint density at radius 2 is 1.61 bits per heavy atom. The van der Waals surface area contributed by atoms with Crippen LogP contribution in [0, 0.1) is 6.92 Å². The van der Waals surface area contributed by atoms with Crippen molar-refractivity contribution >= 4 is 5.97 Å². The molecule has 4 aromatic rings. The van der Waals surface area contributed by atoms with Crippen molar-refractivity contribution in [2.75, 3.05) is 27.9 Å². The molecule has 0 radical (unpaired) electrons. The fourth-order valence-corrected chi connectivity index (χ4v) is 4.07. The van der Waals surface area contributed by atoms with E-state index in [2.05, 4.69) is 0 Å². The number of hydrogen-bond acceptors (Lipinski definition) is 6. The van der Waals surface area contributed by atoms with E-state index in [-0.39, 0.29) is 0 Å². The average molecular weight is 489 g/mol. The maximum atomic E-state index is 11.2. The fraction of sp³-hybridized carbons (Fsp3) is 0.214. The molecule has 0 saturated heterocycles. The smallest absolute Gasteiger partial charge is 0.341 e. The van der Waals surface area contributed by atoms with Crippen molar-refractivity contribution in [2.45, 2.75) is 13.5 Å². The van der Waals surface area contributed by atoms with Crippen LogP contribution in [0.4, 0.5) is 0 Å². The van der Waals surface area contributed by atoms with Gasteiger partial charge in [-0.1, -0.05) is 30.3 Å². The minimum Gasteiger partial charge on any atom is -0.496 e. The molecule has 36 heavy (non-hydrogen) atoms. The number of methoxy groups -OCH3 is 3. The summed E-state index contributed by atoms with van der Waals surface area (Å²) in [6.07, 6.45) is 0. The van der Waals surface area contributed by atoms with E-state index in [4.69, 9.17) is 29.2 Å². The Balaban J connectivity index is 1.89. The van der Waals surface area contributed by atoms with Gasteiger partial charge in [0.15, 0.2) is 18.1 Å². The summed E-state index contributed by atoms with van der Waals surface area (Å²) in [7, 11) is 4.83. The van der Waals surface area contributed by atoms with Gasteiger partial charge in [-0.05, 0) is 48.9 Å². The molecule has 0 amide bonds. The fourth-order valence-electron chi connectivity index (χ4n) is 4.07. The van der Waals surface area contributed by atoms with Gasteiger partial charge in [0.25, 0.3) is 0 Å². The molecule has 8 nitrogen and oxygen atoms in total. The minimum atomic E-state index is -1.05. The molecule has 1 aromatic heterocycles. The molecule has 0 aliphatic rings. The van der Waals surface area contributed by atoms with Crippen LogP contribution in [0.15, 0.2) is 66.7 Å². The summed E-state index contributed by atoms with van der Waals surface area (Å²) < 4.78 is 24.3. The van der Waals surface area contributed by atoms with Crippen molar-refractivity contribution in [3.8, 4) is 45.5 Å². The van der Waals surface area contributed by atoms with Crippen LogP contribution in [-0.4, -0.2) is 48.8 Å². The van der Waals surface area contributed by atoms with Crippen LogP contribution in [0.5, 0.6) is 23.0 Å². The minimum absolute atomic E-state index is 0.427. The number of rotatable bonds is 10. The lowest BCUT2D eigenvalue weighted by atomic mass is 10.1. The molecule has 8 heteroatoms. The number of carboxylic acid groups (broad SMARTS) is 1. The summed E-state index contributed by atoms with van der Waals surface area (Å²) in [5.41, 5.74) is 4.79. The molecule has 186 valence electrons. The van der Waals surface area contributed by atoms with Crippen LogP contribution < -0.4 is 18.9 Å². The first-order valence-corrected chi connectivity index (χ1v) is 11.3. The maximum absolute atomic E-state index is 11.2. The molecule has 1 N–H and O–H groups in total. The topological polar surface area (TPSA) is 92.0 Å². The average Bonchev–Trinajstić information content (AvgIpc) is 3.30. The van der Waals surface area contributed by atoms with Crippen molar-refractivity contribution in [3.05, 3.63) is 77.9 Å². The van der Waals surface area contributed by atoms with E-state index >= 15 is 0 Å². The van der Waals surface area contributed by atoms with Crippen LogP contribution in [-0.2, 0) is 11.3 Å². The van der Waals surface area contributed by atoms with E-state index < -0.39 is 12.6 Å². The molecule has 0 unspecified atom stereocenters. The second-order valence-electron chi connectivity index (χ2n) is 8.11. The molecule has 0 aliphatic heterocycles. The van der Waals surface area contributed by atoms with Gasteiger partial charge in [-0.2, -0.15) is 5.10 Å². The van der Waals surface area contributed by atoms with Gasteiger partial charge in [0.2, 0.25) is 0 Å². The predicted molar refractivity (Wildman–Crippen MR) is 136 cm³/mol. The largest absolute Gasteiger partial charge is 0.496 e. The van der Waals surface area contributed by atoms with Crippen molar-refractivity contribution in [1.82, 2.24) is 9.78 Å². The second-order valence-corrected chi connectivity index (χ2v) is 8.11. The molecule has 3 aromatic carbocycles. The lowest BCUT2D eigenvalue weighted by Gasteiger charge is -2.15. The number of carboxylic acids is 1. The summed E-state index contributed by atoms with van der Waals surface area (Å²) in [5, 5.41) is 14.1. The first kappa shape index (κ1) is 24.7. The second kappa shape index (κ2) is 10.9. The number of hydrogen-bond donors (Lipinski definition) is 1. The number of nitrogens with zero attached hydrogens (tertiary/aromatic N) is 2. The number of aryl methyl sites for hydroxylation is 1. The number of aliphatic carboxylic acids is 1. The Kier molecular flexibility index (Phi) is 7.44. The molecule has 0 atom stereocenters. The van der Waals surface area contributed by atoms with Gasteiger partial charge in [0.05, 0.1) is 39.3 Å². The number of benzene rings is 3. The number of aromatic nitrogens is 2. The van der Waals surface area contributed by atoms with Gasteiger partial charge >= 0.3 is 5.97 Å². The van der Waals surface area contributed by atoms with E-state index in [1.165, 1.54) is 0 Å². The highest BCUT2D eigenvalue weighted by Gasteiger charge is 2.21. The SMILES string of the molecule is COc1ccccc1Cn1nc(-c2ccc(C)cc2OCC(=O)O)cc1-c1cccc(OC)c1OC. The normalized spacial score (nSPS) is 10.7. The third kappa shape index (κ3) is 5.12. The van der Waals surface area contributed by atoms with Crippen molar-refractivity contribution < 1.29 is 28.8 Å². The summed E-state index contributed by atoms with van der Waals surface area (Å²) in [6, 6.07) is 21.0. The first-order valence-electron chi connectivity index (χ1n) is 11.3. The van der Waals surface area contributed by atoms with Gasteiger partial charge in [0.1, 0.15) is 11.5 Å². The van der Waals surface area contributed by atoms with Gasteiger partial charge in [0, 0.05) is 16.7 Å². The van der Waals surface area contributed by atoms with Crippen LogP contribution in [0.2, 0.25) is 0 Å². The number of carbonyl (C=O) groups is 1. The molecular formula is C28H28N2O6. The Bertz CT molecular complexity index is 1380. The van der Waals surface area contributed by atoms with Crippen LogP contribution in [0.3, 0.4) is 0 Å². The van der Waals surface area contributed by atoms with Gasteiger partial charge in [-0.15, -0.1) is 0 Å². The summed E-state index contributed by atoms with van der Waals surface area (Å²) in [6.45, 7) is 1.90. The summed E-state index contributed by atoms with van der Waals surface area (Å²) >= 11 is 0. The Morgan fingerprint density at radius 3 is 2.33 bits per heavy atom. The maximum Gasteiger partial charge on any atom is 0.341 e. The molecular weight excluding hydrogens is 460 g/mol.